The number of nitrogens with zero attached hydrogens (tertiary/aromatic N) is 3. The van der Waals surface area contributed by atoms with Crippen LogP contribution in [0, 0.1) is 11.3 Å². The molecule has 2 saturated heterocycles. The van der Waals surface area contributed by atoms with Crippen molar-refractivity contribution in [2.45, 2.75) is 59.5 Å². The molecule has 2 fully saturated rings. The fourth-order valence-corrected chi connectivity index (χ4v) is 3.93. The molecule has 0 amide bonds. The first-order valence-electron chi connectivity index (χ1n) is 8.94. The molecule has 124 valence electrons. The van der Waals surface area contributed by atoms with Crippen molar-refractivity contribution in [2.75, 3.05) is 46.3 Å². The summed E-state index contributed by atoms with van der Waals surface area (Å²) in [7, 11) is 2.26. The predicted octanol–water partition coefficient (Wildman–Crippen LogP) is 2.77. The lowest BCUT2D eigenvalue weighted by molar-refractivity contribution is -0.00907. The molecule has 0 bridgehead atoms. The van der Waals surface area contributed by atoms with Crippen LogP contribution in [0.4, 0.5) is 0 Å². The minimum Gasteiger partial charge on any atom is -0.306 e. The zero-order chi connectivity index (χ0) is 15.6. The van der Waals surface area contributed by atoms with E-state index in [-0.39, 0.29) is 0 Å². The van der Waals surface area contributed by atoms with Gasteiger partial charge in [-0.25, -0.2) is 0 Å². The van der Waals surface area contributed by atoms with Gasteiger partial charge >= 0.3 is 0 Å². The lowest BCUT2D eigenvalue weighted by Crippen LogP contribution is -2.60. The maximum Gasteiger partial charge on any atom is 0.0272 e. The van der Waals surface area contributed by atoms with Crippen LogP contribution in [-0.2, 0) is 0 Å². The average molecular weight is 296 g/mol. The molecule has 0 N–H and O–H groups in total. The topological polar surface area (TPSA) is 9.72 Å². The van der Waals surface area contributed by atoms with E-state index in [0.717, 1.165) is 5.92 Å². The summed E-state index contributed by atoms with van der Waals surface area (Å²) in [6.45, 7) is 19.6. The van der Waals surface area contributed by atoms with Crippen molar-refractivity contribution in [3.63, 3.8) is 0 Å². The number of hydrogen-bond donors (Lipinski definition) is 0. The monoisotopic (exact) mass is 295 g/mol. The Balaban J connectivity index is 1.96. The highest BCUT2D eigenvalue weighted by molar-refractivity contribution is 4.92. The molecule has 3 nitrogen and oxygen atoms in total. The Morgan fingerprint density at radius 1 is 1.00 bits per heavy atom. The summed E-state index contributed by atoms with van der Waals surface area (Å²) >= 11 is 0. The first-order chi connectivity index (χ1) is 9.77. The number of piperidine rings is 1. The van der Waals surface area contributed by atoms with E-state index < -0.39 is 0 Å². The number of rotatable bonds is 3. The highest BCUT2D eigenvalue weighted by Crippen LogP contribution is 2.30. The van der Waals surface area contributed by atoms with Gasteiger partial charge in [-0.05, 0) is 58.2 Å². The molecule has 1 unspecified atom stereocenters. The summed E-state index contributed by atoms with van der Waals surface area (Å²) in [5.74, 6) is 0.914. The molecule has 0 aromatic heterocycles. The molecule has 2 aliphatic rings. The van der Waals surface area contributed by atoms with Crippen molar-refractivity contribution < 1.29 is 0 Å². The fourth-order valence-electron chi connectivity index (χ4n) is 3.93. The maximum atomic E-state index is 2.81. The number of hydrogen-bond acceptors (Lipinski definition) is 3. The van der Waals surface area contributed by atoms with Gasteiger partial charge in [0, 0.05) is 38.3 Å². The summed E-state index contributed by atoms with van der Waals surface area (Å²) in [5, 5.41) is 0. The van der Waals surface area contributed by atoms with E-state index in [2.05, 4.69) is 56.4 Å². The molecule has 2 heterocycles. The van der Waals surface area contributed by atoms with Crippen LogP contribution >= 0.6 is 0 Å². The number of likely N-dealkylation sites (tertiary alicyclic amines) is 1. The van der Waals surface area contributed by atoms with Crippen molar-refractivity contribution >= 4 is 0 Å². The second-order valence-corrected chi connectivity index (χ2v) is 8.71. The molecule has 0 spiro atoms. The zero-order valence-corrected chi connectivity index (χ0v) is 15.2. The summed E-state index contributed by atoms with van der Waals surface area (Å²) in [4.78, 5) is 7.96. The standard InChI is InChI=1S/C18H37N3/c1-15(2)20-11-12-21(17(14-20)18(3,4)5)13-16-7-9-19(6)10-8-16/h15-17H,7-14H2,1-6H3. The Morgan fingerprint density at radius 2 is 1.62 bits per heavy atom. The van der Waals surface area contributed by atoms with E-state index in [4.69, 9.17) is 0 Å². The number of piperazine rings is 1. The van der Waals surface area contributed by atoms with Crippen LogP contribution in [0.15, 0.2) is 0 Å². The second kappa shape index (κ2) is 6.97. The molecule has 3 heteroatoms. The zero-order valence-electron chi connectivity index (χ0n) is 15.2. The molecule has 0 aromatic carbocycles. The van der Waals surface area contributed by atoms with E-state index in [9.17, 15) is 0 Å². The molecular weight excluding hydrogens is 258 g/mol. The highest BCUT2D eigenvalue weighted by Gasteiger charge is 2.36. The van der Waals surface area contributed by atoms with E-state index in [1.165, 1.54) is 52.1 Å². The second-order valence-electron chi connectivity index (χ2n) is 8.71. The van der Waals surface area contributed by atoms with Crippen LogP contribution < -0.4 is 0 Å². The average Bonchev–Trinajstić information content (AvgIpc) is 2.40. The van der Waals surface area contributed by atoms with Crippen LogP contribution in [0.25, 0.3) is 0 Å². The largest absolute Gasteiger partial charge is 0.306 e. The van der Waals surface area contributed by atoms with Gasteiger partial charge in [-0.15, -0.1) is 0 Å². The van der Waals surface area contributed by atoms with Crippen molar-refractivity contribution in [3.05, 3.63) is 0 Å². The molecule has 0 radical (unpaired) electrons. The molecule has 2 aliphatic heterocycles. The third kappa shape index (κ3) is 4.67. The molecule has 0 saturated carbocycles. The third-order valence-corrected chi connectivity index (χ3v) is 5.58. The van der Waals surface area contributed by atoms with Gasteiger partial charge in [0.15, 0.2) is 0 Å². The lowest BCUT2D eigenvalue weighted by atomic mass is 9.83. The van der Waals surface area contributed by atoms with E-state index in [0.29, 0.717) is 17.5 Å². The summed E-state index contributed by atoms with van der Waals surface area (Å²) < 4.78 is 0. The van der Waals surface area contributed by atoms with Gasteiger partial charge in [0.05, 0.1) is 0 Å². The fraction of sp³-hybridized carbons (Fsp3) is 1.00. The molecule has 0 aliphatic carbocycles. The minimum atomic E-state index is 0.374. The molecule has 2 rings (SSSR count). The van der Waals surface area contributed by atoms with E-state index >= 15 is 0 Å². The van der Waals surface area contributed by atoms with Gasteiger partial charge in [-0.1, -0.05) is 20.8 Å². The Hall–Kier alpha value is -0.120. The first kappa shape index (κ1) is 17.2. The van der Waals surface area contributed by atoms with Gasteiger partial charge in [0.2, 0.25) is 0 Å². The SMILES string of the molecule is CC(C)N1CCN(CC2CCN(C)CC2)C(C(C)(C)C)C1. The Kier molecular flexibility index (Phi) is 5.72. The van der Waals surface area contributed by atoms with Crippen LogP contribution in [0.3, 0.4) is 0 Å². The normalized spacial score (nSPS) is 28.4. The summed E-state index contributed by atoms with van der Waals surface area (Å²) in [5.41, 5.74) is 0.374. The van der Waals surface area contributed by atoms with Crippen molar-refractivity contribution in [1.82, 2.24) is 14.7 Å². The van der Waals surface area contributed by atoms with E-state index in [1.54, 1.807) is 0 Å². The smallest absolute Gasteiger partial charge is 0.0272 e. The molecule has 1 atom stereocenters. The molecule has 21 heavy (non-hydrogen) atoms. The van der Waals surface area contributed by atoms with Gasteiger partial charge in [-0.3, -0.25) is 9.80 Å². The Bertz CT molecular complexity index is 313. The van der Waals surface area contributed by atoms with Crippen molar-refractivity contribution in [1.29, 1.82) is 0 Å². The minimum absolute atomic E-state index is 0.374. The van der Waals surface area contributed by atoms with Crippen LogP contribution in [0.2, 0.25) is 0 Å². The maximum absolute atomic E-state index is 2.81. The molecule has 0 aromatic rings. The van der Waals surface area contributed by atoms with Gasteiger partial charge < -0.3 is 4.90 Å². The highest BCUT2D eigenvalue weighted by atomic mass is 15.3. The summed E-state index contributed by atoms with van der Waals surface area (Å²) in [6.07, 6.45) is 2.77. The quantitative estimate of drug-likeness (QED) is 0.793. The van der Waals surface area contributed by atoms with Crippen molar-refractivity contribution in [3.8, 4) is 0 Å². The van der Waals surface area contributed by atoms with Crippen LogP contribution in [0.1, 0.15) is 47.5 Å². The third-order valence-electron chi connectivity index (χ3n) is 5.58. The van der Waals surface area contributed by atoms with Gasteiger partial charge in [-0.2, -0.15) is 0 Å². The first-order valence-corrected chi connectivity index (χ1v) is 8.94. The predicted molar refractivity (Wildman–Crippen MR) is 91.7 cm³/mol. The van der Waals surface area contributed by atoms with Crippen LogP contribution in [-0.4, -0.2) is 73.1 Å². The van der Waals surface area contributed by atoms with E-state index in [1.807, 2.05) is 0 Å². The van der Waals surface area contributed by atoms with Crippen molar-refractivity contribution in [2.24, 2.45) is 11.3 Å². The molecular formula is C18H37N3. The Labute approximate surface area is 132 Å². The van der Waals surface area contributed by atoms with Gasteiger partial charge in [0.1, 0.15) is 0 Å². The summed E-state index contributed by atoms with van der Waals surface area (Å²) in [6, 6.07) is 1.38. The van der Waals surface area contributed by atoms with Gasteiger partial charge in [0.25, 0.3) is 0 Å². The Morgan fingerprint density at radius 3 is 2.14 bits per heavy atom. The lowest BCUT2D eigenvalue weighted by Gasteiger charge is -2.49. The van der Waals surface area contributed by atoms with Crippen LogP contribution in [0.5, 0.6) is 0 Å².